The fraction of sp³-hybridized carbons (Fsp3) is 0.211. The number of benzene rings is 2. The lowest BCUT2D eigenvalue weighted by Gasteiger charge is -2.34. The number of hydrogen-bond acceptors (Lipinski definition) is 5. The van der Waals surface area contributed by atoms with Gasteiger partial charge in [0, 0.05) is 41.5 Å². The smallest absolute Gasteiger partial charge is 0.269 e. The first-order valence-corrected chi connectivity index (χ1v) is 9.11. The van der Waals surface area contributed by atoms with Gasteiger partial charge in [0.25, 0.3) is 11.6 Å². The molecule has 1 saturated heterocycles. The number of amides is 3. The Morgan fingerprint density at radius 2 is 1.97 bits per heavy atom. The molecule has 2 N–H and O–H groups in total. The van der Waals surface area contributed by atoms with Crippen molar-refractivity contribution in [1.29, 1.82) is 0 Å². The third-order valence-electron chi connectivity index (χ3n) is 4.40. The van der Waals surface area contributed by atoms with Crippen LogP contribution in [0, 0.1) is 10.1 Å². The van der Waals surface area contributed by atoms with Crippen molar-refractivity contribution in [3.05, 3.63) is 69.2 Å². The molecular weight excluding hydrogens is 400 g/mol. The number of hydrogen-bond donors (Lipinski definition) is 2. The normalized spacial score (nSPS) is 16.1. The Hall–Kier alpha value is -3.46. The second-order valence-electron chi connectivity index (χ2n) is 6.37. The number of halogens is 1. The molecule has 1 atom stereocenters. The molecule has 10 heteroatoms. The van der Waals surface area contributed by atoms with Crippen LogP contribution in [0.4, 0.5) is 11.4 Å². The van der Waals surface area contributed by atoms with Crippen molar-refractivity contribution < 1.29 is 19.3 Å². The fourth-order valence-corrected chi connectivity index (χ4v) is 3.20. The van der Waals surface area contributed by atoms with Crippen LogP contribution in [0.1, 0.15) is 16.8 Å². The Morgan fingerprint density at radius 1 is 1.24 bits per heavy atom. The Bertz CT molecular complexity index is 963. The molecule has 2 aromatic rings. The monoisotopic (exact) mass is 416 g/mol. The van der Waals surface area contributed by atoms with E-state index < -0.39 is 28.7 Å². The Labute approximate surface area is 170 Å². The molecule has 0 bridgehead atoms. The summed E-state index contributed by atoms with van der Waals surface area (Å²) in [5, 5.41) is 16.5. The second kappa shape index (κ2) is 8.70. The predicted octanol–water partition coefficient (Wildman–Crippen LogP) is 2.22. The summed E-state index contributed by atoms with van der Waals surface area (Å²) in [6.07, 6.45) is -0.239. The van der Waals surface area contributed by atoms with E-state index in [9.17, 15) is 24.5 Å². The summed E-state index contributed by atoms with van der Waals surface area (Å²) in [7, 11) is 0. The molecule has 0 aromatic heterocycles. The second-order valence-corrected chi connectivity index (χ2v) is 6.81. The number of nitro benzene ring substituents is 1. The van der Waals surface area contributed by atoms with Gasteiger partial charge in [-0.25, -0.2) is 0 Å². The average molecular weight is 417 g/mol. The number of nitrogens with one attached hydrogen (secondary N) is 2. The molecule has 2 aromatic carbocycles. The molecule has 3 amide bonds. The van der Waals surface area contributed by atoms with Crippen LogP contribution in [0.3, 0.4) is 0 Å². The summed E-state index contributed by atoms with van der Waals surface area (Å²) < 4.78 is 0. The molecule has 3 rings (SSSR count). The number of carbonyl (C=O) groups excluding carboxylic acids is 3. The van der Waals surface area contributed by atoms with Crippen molar-refractivity contribution in [1.82, 2.24) is 10.2 Å². The molecule has 1 aliphatic rings. The van der Waals surface area contributed by atoms with Crippen molar-refractivity contribution in [3.63, 3.8) is 0 Å². The maximum Gasteiger partial charge on any atom is 0.269 e. The Balaban J connectivity index is 1.74. The van der Waals surface area contributed by atoms with E-state index in [0.29, 0.717) is 10.7 Å². The van der Waals surface area contributed by atoms with Gasteiger partial charge >= 0.3 is 0 Å². The van der Waals surface area contributed by atoms with Crippen LogP contribution >= 0.6 is 11.6 Å². The zero-order valence-corrected chi connectivity index (χ0v) is 15.9. The first-order valence-electron chi connectivity index (χ1n) is 8.73. The fourth-order valence-electron chi connectivity index (χ4n) is 3.01. The number of piperazine rings is 1. The highest BCUT2D eigenvalue weighted by molar-refractivity contribution is 6.30. The van der Waals surface area contributed by atoms with E-state index in [4.69, 9.17) is 11.6 Å². The number of non-ortho nitro benzene ring substituents is 1. The number of anilines is 1. The van der Waals surface area contributed by atoms with Gasteiger partial charge in [0.05, 0.1) is 11.3 Å². The predicted molar refractivity (Wildman–Crippen MR) is 106 cm³/mol. The van der Waals surface area contributed by atoms with Gasteiger partial charge in [-0.15, -0.1) is 0 Å². The van der Waals surface area contributed by atoms with Gasteiger partial charge in [-0.3, -0.25) is 24.5 Å². The van der Waals surface area contributed by atoms with Crippen LogP contribution in [0.15, 0.2) is 48.5 Å². The third-order valence-corrected chi connectivity index (χ3v) is 4.64. The lowest BCUT2D eigenvalue weighted by Crippen LogP contribution is -2.58. The number of rotatable bonds is 5. The summed E-state index contributed by atoms with van der Waals surface area (Å²) in [4.78, 5) is 49.1. The summed E-state index contributed by atoms with van der Waals surface area (Å²) in [5.74, 6) is -1.36. The highest BCUT2D eigenvalue weighted by Crippen LogP contribution is 2.19. The standard InChI is InChI=1S/C19H17ClN4O5/c20-13-2-1-3-14(10-13)22-17(25)11-16-18(26)21-8-9-23(16)19(27)12-4-6-15(7-5-12)24(28)29/h1-7,10,16H,8-9,11H2,(H,21,26)(H,22,25)/t16-/m0/s1. The van der Waals surface area contributed by atoms with Crippen LogP contribution < -0.4 is 10.6 Å². The van der Waals surface area contributed by atoms with Gasteiger partial charge in [0.15, 0.2) is 0 Å². The molecule has 0 aliphatic carbocycles. The van der Waals surface area contributed by atoms with E-state index in [1.54, 1.807) is 24.3 Å². The van der Waals surface area contributed by atoms with Crippen LogP contribution in [0.5, 0.6) is 0 Å². The minimum absolute atomic E-state index is 0.143. The molecule has 1 aliphatic heterocycles. The summed E-state index contributed by atoms with van der Waals surface area (Å²) in [6.45, 7) is 0.473. The van der Waals surface area contributed by atoms with Gasteiger partial charge in [0.1, 0.15) is 6.04 Å². The molecule has 29 heavy (non-hydrogen) atoms. The van der Waals surface area contributed by atoms with E-state index >= 15 is 0 Å². The van der Waals surface area contributed by atoms with Crippen molar-refractivity contribution in [2.45, 2.75) is 12.5 Å². The minimum atomic E-state index is -0.995. The van der Waals surface area contributed by atoms with Gasteiger partial charge in [-0.1, -0.05) is 17.7 Å². The lowest BCUT2D eigenvalue weighted by molar-refractivity contribution is -0.384. The highest BCUT2D eigenvalue weighted by Gasteiger charge is 2.35. The quantitative estimate of drug-likeness (QED) is 0.571. The Kier molecular flexibility index (Phi) is 6.08. The molecule has 1 fully saturated rings. The molecule has 0 spiro atoms. The Morgan fingerprint density at radius 3 is 2.62 bits per heavy atom. The maximum atomic E-state index is 12.8. The SMILES string of the molecule is O=C(C[C@H]1C(=O)NCCN1C(=O)c1ccc([N+](=O)[O-])cc1)Nc1cccc(Cl)c1. The molecule has 0 radical (unpaired) electrons. The van der Waals surface area contributed by atoms with Crippen molar-refractivity contribution in [3.8, 4) is 0 Å². The van der Waals surface area contributed by atoms with Crippen LogP contribution in [-0.2, 0) is 9.59 Å². The van der Waals surface area contributed by atoms with Crippen LogP contribution in [-0.4, -0.2) is 46.7 Å². The number of carbonyl (C=O) groups is 3. The van der Waals surface area contributed by atoms with E-state index in [1.165, 1.54) is 29.2 Å². The summed E-state index contributed by atoms with van der Waals surface area (Å²) in [5.41, 5.74) is 0.535. The lowest BCUT2D eigenvalue weighted by atomic mass is 10.1. The zero-order valence-electron chi connectivity index (χ0n) is 15.1. The van der Waals surface area contributed by atoms with E-state index in [-0.39, 0.29) is 30.8 Å². The van der Waals surface area contributed by atoms with E-state index in [1.807, 2.05) is 0 Å². The number of nitro groups is 1. The van der Waals surface area contributed by atoms with Crippen molar-refractivity contribution >= 4 is 40.7 Å². The topological polar surface area (TPSA) is 122 Å². The van der Waals surface area contributed by atoms with Crippen LogP contribution in [0.25, 0.3) is 0 Å². The first-order chi connectivity index (χ1) is 13.8. The summed E-state index contributed by atoms with van der Waals surface area (Å²) >= 11 is 5.90. The molecule has 9 nitrogen and oxygen atoms in total. The van der Waals surface area contributed by atoms with Gasteiger partial charge in [-0.2, -0.15) is 0 Å². The largest absolute Gasteiger partial charge is 0.353 e. The van der Waals surface area contributed by atoms with Gasteiger partial charge < -0.3 is 15.5 Å². The van der Waals surface area contributed by atoms with Gasteiger partial charge in [-0.05, 0) is 30.3 Å². The van der Waals surface area contributed by atoms with Crippen LogP contribution in [0.2, 0.25) is 5.02 Å². The molecule has 1 heterocycles. The number of nitrogens with zero attached hydrogens (tertiary/aromatic N) is 2. The third kappa shape index (κ3) is 4.88. The average Bonchev–Trinajstić information content (AvgIpc) is 2.69. The highest BCUT2D eigenvalue weighted by atomic mass is 35.5. The first kappa shape index (κ1) is 20.3. The molecule has 0 saturated carbocycles. The summed E-state index contributed by atoms with van der Waals surface area (Å²) in [6, 6.07) is 10.7. The zero-order chi connectivity index (χ0) is 21.0. The van der Waals surface area contributed by atoms with Crippen molar-refractivity contribution in [2.75, 3.05) is 18.4 Å². The van der Waals surface area contributed by atoms with E-state index in [0.717, 1.165) is 0 Å². The molecular formula is C19H17ClN4O5. The maximum absolute atomic E-state index is 12.8. The van der Waals surface area contributed by atoms with Crippen molar-refractivity contribution in [2.24, 2.45) is 0 Å². The van der Waals surface area contributed by atoms with E-state index in [2.05, 4.69) is 10.6 Å². The molecule has 0 unspecified atom stereocenters. The molecule has 150 valence electrons. The minimum Gasteiger partial charge on any atom is -0.353 e. The van der Waals surface area contributed by atoms with Gasteiger partial charge in [0.2, 0.25) is 11.8 Å².